The highest BCUT2D eigenvalue weighted by Gasteiger charge is 2.34. The molecule has 0 fully saturated rings. The van der Waals surface area contributed by atoms with Crippen molar-refractivity contribution in [2.75, 3.05) is 6.61 Å². The molecule has 4 heteroatoms. The maximum Gasteiger partial charge on any atom is 0.152 e. The fourth-order valence-corrected chi connectivity index (χ4v) is 2.46. The first kappa shape index (κ1) is 14.4. The van der Waals surface area contributed by atoms with E-state index in [1.807, 2.05) is 38.1 Å². The Morgan fingerprint density at radius 1 is 1.42 bits per heavy atom. The highest BCUT2D eigenvalue weighted by molar-refractivity contribution is 6.34. The number of nitrogens with two attached hydrogens (primary N) is 1. The highest BCUT2D eigenvalue weighted by Crippen LogP contribution is 2.35. The van der Waals surface area contributed by atoms with Crippen LogP contribution >= 0.6 is 11.6 Å². The maximum atomic E-state index is 6.32. The summed E-state index contributed by atoms with van der Waals surface area (Å²) in [6.45, 7) is 6.66. The number of halogens is 1. The van der Waals surface area contributed by atoms with Gasteiger partial charge in [-0.15, -0.1) is 0 Å². The second-order valence-corrected chi connectivity index (χ2v) is 5.29. The molecule has 0 aliphatic carbocycles. The Hall–Kier alpha value is -1.03. The van der Waals surface area contributed by atoms with Crippen LogP contribution in [0.2, 0.25) is 5.02 Å². The third-order valence-electron chi connectivity index (χ3n) is 3.66. The van der Waals surface area contributed by atoms with Crippen molar-refractivity contribution in [1.29, 1.82) is 0 Å². The normalized spacial score (nSPS) is 16.5. The van der Waals surface area contributed by atoms with E-state index in [0.29, 0.717) is 23.0 Å². The molecule has 0 saturated carbocycles. The summed E-state index contributed by atoms with van der Waals surface area (Å²) in [7, 11) is 0. The van der Waals surface area contributed by atoms with Crippen LogP contribution in [-0.4, -0.2) is 12.2 Å². The Morgan fingerprint density at radius 2 is 2.16 bits per heavy atom. The van der Waals surface area contributed by atoms with Crippen LogP contribution in [0.5, 0.6) is 0 Å². The van der Waals surface area contributed by atoms with E-state index in [9.17, 15) is 0 Å². The Labute approximate surface area is 118 Å². The molecule has 1 heterocycles. The zero-order valence-corrected chi connectivity index (χ0v) is 12.3. The lowest BCUT2D eigenvalue weighted by Crippen LogP contribution is -2.40. The SMILES string of the molecule is CCOC(C)(CC)C(N)c1cc2cccc(Cl)c2o1. The van der Waals surface area contributed by atoms with Crippen LogP contribution in [0, 0.1) is 0 Å². The number of ether oxygens (including phenoxy) is 1. The second-order valence-electron chi connectivity index (χ2n) is 4.88. The van der Waals surface area contributed by atoms with Gasteiger partial charge in [-0.25, -0.2) is 0 Å². The number of furan rings is 1. The minimum Gasteiger partial charge on any atom is -0.458 e. The van der Waals surface area contributed by atoms with Gasteiger partial charge in [-0.05, 0) is 32.4 Å². The molecule has 1 aromatic carbocycles. The Bertz CT molecular complexity index is 566. The van der Waals surface area contributed by atoms with Gasteiger partial charge in [-0.3, -0.25) is 0 Å². The van der Waals surface area contributed by atoms with Crippen LogP contribution in [0.15, 0.2) is 28.7 Å². The van der Waals surface area contributed by atoms with Gasteiger partial charge >= 0.3 is 0 Å². The summed E-state index contributed by atoms with van der Waals surface area (Å²) in [6, 6.07) is 7.30. The first-order chi connectivity index (χ1) is 9.01. The van der Waals surface area contributed by atoms with Crippen molar-refractivity contribution in [2.24, 2.45) is 5.73 Å². The Balaban J connectivity index is 2.40. The molecular formula is C15H20ClNO2. The molecule has 2 rings (SSSR count). The molecule has 0 spiro atoms. The summed E-state index contributed by atoms with van der Waals surface area (Å²) < 4.78 is 11.6. The molecule has 2 unspecified atom stereocenters. The second kappa shape index (κ2) is 5.53. The van der Waals surface area contributed by atoms with Crippen molar-refractivity contribution in [3.8, 4) is 0 Å². The highest BCUT2D eigenvalue weighted by atomic mass is 35.5. The quantitative estimate of drug-likeness (QED) is 0.889. The standard InChI is InChI=1S/C15H20ClNO2/c1-4-15(3,18-5-2)14(17)12-9-10-7-6-8-11(16)13(10)19-12/h6-9,14H,4-5,17H2,1-3H3. The van der Waals surface area contributed by atoms with Gasteiger partial charge in [0.15, 0.2) is 5.58 Å². The van der Waals surface area contributed by atoms with Crippen molar-refractivity contribution in [3.63, 3.8) is 0 Å². The van der Waals surface area contributed by atoms with Crippen molar-refractivity contribution < 1.29 is 9.15 Å². The molecule has 0 saturated heterocycles. The third kappa shape index (κ3) is 2.64. The van der Waals surface area contributed by atoms with Crippen LogP contribution in [0.25, 0.3) is 11.0 Å². The van der Waals surface area contributed by atoms with Gasteiger partial charge < -0.3 is 14.9 Å². The average Bonchev–Trinajstić information content (AvgIpc) is 2.83. The van der Waals surface area contributed by atoms with Crippen LogP contribution in [-0.2, 0) is 4.74 Å². The van der Waals surface area contributed by atoms with Crippen molar-refractivity contribution >= 4 is 22.6 Å². The van der Waals surface area contributed by atoms with Crippen molar-refractivity contribution in [2.45, 2.75) is 38.8 Å². The number of para-hydroxylation sites is 1. The largest absolute Gasteiger partial charge is 0.458 e. The maximum absolute atomic E-state index is 6.32. The van der Waals surface area contributed by atoms with E-state index in [4.69, 9.17) is 26.5 Å². The van der Waals surface area contributed by atoms with E-state index in [0.717, 1.165) is 11.8 Å². The number of fused-ring (bicyclic) bond motifs is 1. The lowest BCUT2D eigenvalue weighted by Gasteiger charge is -2.33. The summed E-state index contributed by atoms with van der Waals surface area (Å²) in [6.07, 6.45) is 0.812. The molecular weight excluding hydrogens is 262 g/mol. The van der Waals surface area contributed by atoms with Crippen molar-refractivity contribution in [3.05, 3.63) is 35.0 Å². The van der Waals surface area contributed by atoms with Gasteiger partial charge in [-0.2, -0.15) is 0 Å². The van der Waals surface area contributed by atoms with Gasteiger partial charge in [0.05, 0.1) is 16.7 Å². The number of rotatable bonds is 5. The van der Waals surface area contributed by atoms with Crippen LogP contribution in [0.3, 0.4) is 0 Å². The summed E-state index contributed by atoms with van der Waals surface area (Å²) >= 11 is 6.12. The van der Waals surface area contributed by atoms with E-state index in [2.05, 4.69) is 6.92 Å². The van der Waals surface area contributed by atoms with Gasteiger partial charge in [0.1, 0.15) is 5.76 Å². The molecule has 2 aromatic rings. The third-order valence-corrected chi connectivity index (χ3v) is 3.95. The molecule has 1 aromatic heterocycles. The summed E-state index contributed by atoms with van der Waals surface area (Å²) in [4.78, 5) is 0. The molecule has 19 heavy (non-hydrogen) atoms. The van der Waals surface area contributed by atoms with Crippen LogP contribution in [0.4, 0.5) is 0 Å². The minimum absolute atomic E-state index is 0.319. The predicted molar refractivity (Wildman–Crippen MR) is 78.5 cm³/mol. The lowest BCUT2D eigenvalue weighted by molar-refractivity contribution is -0.0511. The lowest BCUT2D eigenvalue weighted by atomic mass is 9.92. The zero-order valence-electron chi connectivity index (χ0n) is 11.6. The number of hydrogen-bond acceptors (Lipinski definition) is 3. The fraction of sp³-hybridized carbons (Fsp3) is 0.467. The molecule has 0 radical (unpaired) electrons. The predicted octanol–water partition coefficient (Wildman–Crippen LogP) is 4.29. The summed E-state index contributed by atoms with van der Waals surface area (Å²) in [5.41, 5.74) is 6.57. The van der Waals surface area contributed by atoms with Crippen LogP contribution in [0.1, 0.15) is 39.0 Å². The van der Waals surface area contributed by atoms with E-state index < -0.39 is 5.60 Å². The molecule has 0 bridgehead atoms. The van der Waals surface area contributed by atoms with Gasteiger partial charge in [0, 0.05) is 12.0 Å². The average molecular weight is 282 g/mol. The molecule has 2 N–H and O–H groups in total. The van der Waals surface area contributed by atoms with Gasteiger partial charge in [0.2, 0.25) is 0 Å². The zero-order chi connectivity index (χ0) is 14.0. The molecule has 2 atom stereocenters. The molecule has 104 valence electrons. The smallest absolute Gasteiger partial charge is 0.152 e. The first-order valence-electron chi connectivity index (χ1n) is 6.59. The topological polar surface area (TPSA) is 48.4 Å². The number of hydrogen-bond donors (Lipinski definition) is 1. The molecule has 0 aliphatic rings. The molecule has 3 nitrogen and oxygen atoms in total. The van der Waals surface area contributed by atoms with Crippen molar-refractivity contribution in [1.82, 2.24) is 0 Å². The summed E-state index contributed by atoms with van der Waals surface area (Å²) in [5.74, 6) is 0.709. The molecule has 0 aliphatic heterocycles. The van der Waals surface area contributed by atoms with E-state index in [1.54, 1.807) is 0 Å². The van der Waals surface area contributed by atoms with Gasteiger partial charge in [-0.1, -0.05) is 30.7 Å². The van der Waals surface area contributed by atoms with E-state index >= 15 is 0 Å². The summed E-state index contributed by atoms with van der Waals surface area (Å²) in [5, 5.41) is 1.57. The van der Waals surface area contributed by atoms with Crippen LogP contribution < -0.4 is 5.73 Å². The minimum atomic E-state index is -0.435. The van der Waals surface area contributed by atoms with E-state index in [1.165, 1.54) is 0 Å². The number of benzene rings is 1. The molecule has 0 amide bonds. The van der Waals surface area contributed by atoms with E-state index in [-0.39, 0.29) is 6.04 Å². The Kier molecular flexibility index (Phi) is 4.19. The van der Waals surface area contributed by atoms with Gasteiger partial charge in [0.25, 0.3) is 0 Å². The fourth-order valence-electron chi connectivity index (χ4n) is 2.24. The Morgan fingerprint density at radius 3 is 2.74 bits per heavy atom. The first-order valence-corrected chi connectivity index (χ1v) is 6.97. The monoisotopic (exact) mass is 281 g/mol.